The maximum Gasteiger partial charge on any atom is 0.314 e. The number of benzene rings is 2. The number of amides is 1. The Hall–Kier alpha value is -4.34. The molecule has 2 aliphatic rings. The maximum atomic E-state index is 12.2. The van der Waals surface area contributed by atoms with Crippen LogP contribution in [0.1, 0.15) is 36.0 Å². The molecule has 4 rings (SSSR count). The number of likely N-dealkylation sites (tertiary alicyclic amines) is 1. The van der Waals surface area contributed by atoms with Gasteiger partial charge in [0.15, 0.2) is 5.75 Å². The first-order chi connectivity index (χ1) is 18.7. The van der Waals surface area contributed by atoms with Gasteiger partial charge in [-0.25, -0.2) is 0 Å². The summed E-state index contributed by atoms with van der Waals surface area (Å²) in [5.41, 5.74) is -1.10. The summed E-state index contributed by atoms with van der Waals surface area (Å²) in [6.07, 6.45) is 3.84. The van der Waals surface area contributed by atoms with Crippen molar-refractivity contribution in [2.45, 2.75) is 37.8 Å². The van der Waals surface area contributed by atoms with Gasteiger partial charge < -0.3 is 35.4 Å². The molecule has 2 aromatic rings. The minimum atomic E-state index is -0.771. The first kappa shape index (κ1) is 30.9. The molecule has 1 amide bonds. The third kappa shape index (κ3) is 8.33. The van der Waals surface area contributed by atoms with Crippen LogP contribution >= 0.6 is 0 Å². The van der Waals surface area contributed by atoms with Crippen molar-refractivity contribution in [1.82, 2.24) is 10.2 Å². The minimum Gasteiger partial charge on any atom is -0.502 e. The van der Waals surface area contributed by atoms with Crippen LogP contribution < -0.4 is 10.1 Å². The number of nitro benzene ring substituents is 2. The van der Waals surface area contributed by atoms with E-state index >= 15 is 0 Å². The Labute approximate surface area is 222 Å². The van der Waals surface area contributed by atoms with Gasteiger partial charge in [0.1, 0.15) is 0 Å². The Kier molecular flexibility index (Phi) is 12.0. The van der Waals surface area contributed by atoms with Crippen molar-refractivity contribution in [3.63, 3.8) is 0 Å². The maximum absolute atomic E-state index is 12.2. The van der Waals surface area contributed by atoms with E-state index in [0.717, 1.165) is 31.5 Å². The second kappa shape index (κ2) is 15.2. The molecule has 0 unspecified atom stereocenters. The van der Waals surface area contributed by atoms with Crippen molar-refractivity contribution in [1.29, 1.82) is 0 Å². The van der Waals surface area contributed by atoms with Crippen molar-refractivity contribution in [2.75, 3.05) is 26.3 Å². The molecule has 2 fully saturated rings. The largest absolute Gasteiger partial charge is 0.502 e. The monoisotopic (exact) mass is 550 g/mol. The van der Waals surface area contributed by atoms with Crippen LogP contribution in [0.15, 0.2) is 36.4 Å². The lowest BCUT2D eigenvalue weighted by Crippen LogP contribution is -2.37. The predicted molar refractivity (Wildman–Crippen MR) is 135 cm³/mol. The molecule has 2 aliphatic heterocycles. The van der Waals surface area contributed by atoms with Gasteiger partial charge in [-0.1, -0.05) is 12.1 Å². The summed E-state index contributed by atoms with van der Waals surface area (Å²) >= 11 is 0. The van der Waals surface area contributed by atoms with Gasteiger partial charge in [0.05, 0.1) is 34.7 Å². The molecule has 2 heterocycles. The summed E-state index contributed by atoms with van der Waals surface area (Å²) in [5, 5.41) is 60.8. The number of nitrogens with one attached hydrogen (secondary N) is 1. The number of nitro groups is 2. The number of phenolic OH excluding ortho intramolecular Hbond substituents is 2. The molecule has 2 saturated heterocycles. The second-order valence-corrected chi connectivity index (χ2v) is 8.48. The van der Waals surface area contributed by atoms with E-state index < -0.39 is 38.6 Å². The van der Waals surface area contributed by atoms with Crippen LogP contribution in [0.25, 0.3) is 0 Å². The number of ether oxygens (including phenoxy) is 1. The lowest BCUT2D eigenvalue weighted by Gasteiger charge is -2.23. The fourth-order valence-corrected chi connectivity index (χ4v) is 4.02. The Morgan fingerprint density at radius 2 is 1.64 bits per heavy atom. The standard InChI is InChI=1S/C12H14N2O5.C7H5NO5.C5H11NO/c15-7-8-3-2-6-13(8)12(17)9-4-1-5-10(11(9)16)14(18)19;9-4-13-6-3-1-2-5(7(6)10)8(11)12;7-4-5-2-1-3-6-5/h1,4-5,8,15-16H,2-3,6-7H2;1-4,10H;5-7H,1-4H2/t8-;;5-/m1.1/s1. The number of hydrogen-bond acceptors (Lipinski definition) is 12. The van der Waals surface area contributed by atoms with Gasteiger partial charge >= 0.3 is 11.4 Å². The molecule has 0 radical (unpaired) electrons. The number of nitrogens with zero attached hydrogens (tertiary/aromatic N) is 3. The van der Waals surface area contributed by atoms with Crippen LogP contribution in [0.2, 0.25) is 0 Å². The SMILES string of the molecule is O=C(c1cccc([N+](=O)[O-])c1O)N1CCC[C@@H]1CO.O=COc1cccc([N+](=O)[O-])c1O.OC[C@H]1CCCN1. The summed E-state index contributed by atoms with van der Waals surface area (Å²) in [6.45, 7) is 1.80. The topological polar surface area (TPSA) is 226 Å². The van der Waals surface area contributed by atoms with Crippen molar-refractivity contribution in [3.05, 3.63) is 62.2 Å². The third-order valence-corrected chi connectivity index (χ3v) is 6.02. The van der Waals surface area contributed by atoms with Gasteiger partial charge in [0, 0.05) is 24.7 Å². The molecule has 212 valence electrons. The molecule has 0 bridgehead atoms. The molecule has 0 saturated carbocycles. The average molecular weight is 551 g/mol. The molecule has 15 heteroatoms. The van der Waals surface area contributed by atoms with E-state index in [-0.39, 0.29) is 30.4 Å². The molecular formula is C24H30N4O11. The van der Waals surface area contributed by atoms with E-state index in [4.69, 9.17) is 10.2 Å². The highest BCUT2D eigenvalue weighted by molar-refractivity contribution is 5.98. The highest BCUT2D eigenvalue weighted by atomic mass is 16.6. The van der Waals surface area contributed by atoms with E-state index in [0.29, 0.717) is 25.6 Å². The van der Waals surface area contributed by atoms with Crippen molar-refractivity contribution >= 4 is 23.8 Å². The van der Waals surface area contributed by atoms with Crippen molar-refractivity contribution in [3.8, 4) is 17.2 Å². The zero-order valence-corrected chi connectivity index (χ0v) is 20.8. The molecular weight excluding hydrogens is 520 g/mol. The average Bonchev–Trinajstić information content (AvgIpc) is 3.62. The van der Waals surface area contributed by atoms with Crippen LogP contribution in [-0.4, -0.2) is 85.9 Å². The molecule has 2 atom stereocenters. The summed E-state index contributed by atoms with van der Waals surface area (Å²) in [5.74, 6) is -2.00. The van der Waals surface area contributed by atoms with Crippen LogP contribution in [0.4, 0.5) is 11.4 Å². The third-order valence-electron chi connectivity index (χ3n) is 6.02. The zero-order chi connectivity index (χ0) is 28.9. The van der Waals surface area contributed by atoms with Crippen LogP contribution in [-0.2, 0) is 4.79 Å². The molecule has 15 nitrogen and oxygen atoms in total. The normalized spacial score (nSPS) is 17.7. The Morgan fingerprint density at radius 3 is 2.15 bits per heavy atom. The van der Waals surface area contributed by atoms with Gasteiger partial charge in [0.2, 0.25) is 11.5 Å². The number of phenols is 2. The predicted octanol–water partition coefficient (Wildman–Crippen LogP) is 1.46. The summed E-state index contributed by atoms with van der Waals surface area (Å²) in [6, 6.07) is 7.61. The second-order valence-electron chi connectivity index (χ2n) is 8.48. The first-order valence-electron chi connectivity index (χ1n) is 11.9. The lowest BCUT2D eigenvalue weighted by molar-refractivity contribution is -0.386. The minimum absolute atomic E-state index is 0.0821. The smallest absolute Gasteiger partial charge is 0.314 e. The number of carbonyl (C=O) groups excluding carboxylic acids is 2. The van der Waals surface area contributed by atoms with Gasteiger partial charge in [-0.15, -0.1) is 0 Å². The van der Waals surface area contributed by atoms with Gasteiger partial charge in [0.25, 0.3) is 12.4 Å². The van der Waals surface area contributed by atoms with Crippen LogP contribution in [0.3, 0.4) is 0 Å². The highest BCUT2D eigenvalue weighted by Crippen LogP contribution is 2.35. The Balaban J connectivity index is 0.000000229. The lowest BCUT2D eigenvalue weighted by atomic mass is 10.1. The highest BCUT2D eigenvalue weighted by Gasteiger charge is 2.31. The number of hydrogen-bond donors (Lipinski definition) is 5. The Morgan fingerprint density at radius 1 is 1.00 bits per heavy atom. The molecule has 39 heavy (non-hydrogen) atoms. The molecule has 2 aromatic carbocycles. The molecule has 5 N–H and O–H groups in total. The molecule has 0 aromatic heterocycles. The van der Waals surface area contributed by atoms with Gasteiger partial charge in [-0.2, -0.15) is 0 Å². The van der Waals surface area contributed by atoms with Crippen molar-refractivity contribution in [2.24, 2.45) is 0 Å². The number of para-hydroxylation sites is 2. The van der Waals surface area contributed by atoms with Crippen LogP contribution in [0, 0.1) is 20.2 Å². The number of rotatable bonds is 7. The zero-order valence-electron chi connectivity index (χ0n) is 20.8. The summed E-state index contributed by atoms with van der Waals surface area (Å²) in [7, 11) is 0. The van der Waals surface area contributed by atoms with Gasteiger partial charge in [-0.3, -0.25) is 29.8 Å². The fraction of sp³-hybridized carbons (Fsp3) is 0.417. The first-order valence-corrected chi connectivity index (χ1v) is 11.9. The molecule has 0 aliphatic carbocycles. The summed E-state index contributed by atoms with van der Waals surface area (Å²) in [4.78, 5) is 43.1. The van der Waals surface area contributed by atoms with E-state index in [1.165, 1.54) is 35.6 Å². The quantitative estimate of drug-likeness (QED) is 0.188. The van der Waals surface area contributed by atoms with E-state index in [1.54, 1.807) is 0 Å². The van der Waals surface area contributed by atoms with Crippen molar-refractivity contribution < 1.29 is 44.6 Å². The van der Waals surface area contributed by atoms with Crippen LogP contribution in [0.5, 0.6) is 17.2 Å². The molecule has 0 spiro atoms. The van der Waals surface area contributed by atoms with E-state index in [1.807, 2.05) is 0 Å². The summed E-state index contributed by atoms with van der Waals surface area (Å²) < 4.78 is 4.29. The van der Waals surface area contributed by atoms with E-state index in [2.05, 4.69) is 10.1 Å². The van der Waals surface area contributed by atoms with Gasteiger partial charge in [-0.05, 0) is 44.4 Å². The number of aliphatic hydroxyl groups is 2. The number of carbonyl (C=O) groups is 2. The van der Waals surface area contributed by atoms with E-state index in [9.17, 15) is 40.0 Å². The number of aliphatic hydroxyl groups excluding tert-OH is 2. The number of aromatic hydroxyl groups is 2. The fourth-order valence-electron chi connectivity index (χ4n) is 4.02. The Bertz CT molecular complexity index is 1150.